The molecule has 0 radical (unpaired) electrons. The van der Waals surface area contributed by atoms with Crippen LogP contribution in [0.4, 0.5) is 5.82 Å². The Labute approximate surface area is 94.0 Å². The molecule has 1 aromatic rings. The number of fused-ring (bicyclic) bond motifs is 1. The largest absolute Gasteiger partial charge is 0.480 e. The standard InChI is InChI=1S/C10H16N4O2/c1-7(15)12-6-8-9-11-4-3-5-14(9)13-10(8)16-2/h11H,3-6H2,1-2H3,(H,12,15). The van der Waals surface area contributed by atoms with E-state index >= 15 is 0 Å². The molecule has 1 amide bonds. The smallest absolute Gasteiger partial charge is 0.239 e. The number of anilines is 1. The highest BCUT2D eigenvalue weighted by atomic mass is 16.5. The minimum atomic E-state index is -0.0576. The molecule has 1 aliphatic heterocycles. The van der Waals surface area contributed by atoms with Crippen molar-refractivity contribution in [2.24, 2.45) is 0 Å². The quantitative estimate of drug-likeness (QED) is 0.777. The van der Waals surface area contributed by atoms with Crippen molar-refractivity contribution in [1.29, 1.82) is 0 Å². The third kappa shape index (κ3) is 1.95. The second kappa shape index (κ2) is 4.42. The van der Waals surface area contributed by atoms with Crippen LogP contribution in [-0.4, -0.2) is 29.3 Å². The van der Waals surface area contributed by atoms with Gasteiger partial charge in [0.05, 0.1) is 19.2 Å². The predicted molar refractivity (Wildman–Crippen MR) is 59.4 cm³/mol. The summed E-state index contributed by atoms with van der Waals surface area (Å²) in [6.45, 7) is 3.76. The first-order valence-electron chi connectivity index (χ1n) is 5.34. The van der Waals surface area contributed by atoms with Gasteiger partial charge < -0.3 is 15.4 Å². The Hall–Kier alpha value is -1.72. The molecule has 0 fully saturated rings. The molecule has 1 aromatic heterocycles. The van der Waals surface area contributed by atoms with Crippen LogP contribution in [0.5, 0.6) is 5.88 Å². The van der Waals surface area contributed by atoms with E-state index in [1.54, 1.807) is 7.11 Å². The zero-order valence-corrected chi connectivity index (χ0v) is 9.54. The van der Waals surface area contributed by atoms with E-state index in [0.29, 0.717) is 12.4 Å². The van der Waals surface area contributed by atoms with Crippen LogP contribution in [0.3, 0.4) is 0 Å². The van der Waals surface area contributed by atoms with Gasteiger partial charge in [-0.15, -0.1) is 5.10 Å². The van der Waals surface area contributed by atoms with Crippen molar-refractivity contribution >= 4 is 11.7 Å². The van der Waals surface area contributed by atoms with Crippen molar-refractivity contribution in [3.05, 3.63) is 5.56 Å². The van der Waals surface area contributed by atoms with Gasteiger partial charge in [-0.3, -0.25) is 4.79 Å². The van der Waals surface area contributed by atoms with Gasteiger partial charge in [0.25, 0.3) is 0 Å². The van der Waals surface area contributed by atoms with E-state index in [-0.39, 0.29) is 5.91 Å². The first kappa shape index (κ1) is 10.8. The van der Waals surface area contributed by atoms with Crippen LogP contribution >= 0.6 is 0 Å². The number of nitrogens with one attached hydrogen (secondary N) is 2. The summed E-state index contributed by atoms with van der Waals surface area (Å²) in [7, 11) is 1.59. The highest BCUT2D eigenvalue weighted by Gasteiger charge is 2.20. The molecule has 1 aliphatic rings. The van der Waals surface area contributed by atoms with Crippen molar-refractivity contribution in [3.8, 4) is 5.88 Å². The van der Waals surface area contributed by atoms with Gasteiger partial charge >= 0.3 is 0 Å². The van der Waals surface area contributed by atoms with E-state index in [4.69, 9.17) is 4.74 Å². The van der Waals surface area contributed by atoms with E-state index in [2.05, 4.69) is 15.7 Å². The lowest BCUT2D eigenvalue weighted by Gasteiger charge is -2.16. The monoisotopic (exact) mass is 224 g/mol. The maximum atomic E-state index is 10.9. The summed E-state index contributed by atoms with van der Waals surface area (Å²) in [6.07, 6.45) is 1.05. The minimum Gasteiger partial charge on any atom is -0.480 e. The highest BCUT2D eigenvalue weighted by Crippen LogP contribution is 2.28. The second-order valence-corrected chi connectivity index (χ2v) is 3.75. The number of carbonyl (C=O) groups excluding carboxylic acids is 1. The minimum absolute atomic E-state index is 0.0576. The van der Waals surface area contributed by atoms with Crippen LogP contribution in [0, 0.1) is 0 Å². The highest BCUT2D eigenvalue weighted by molar-refractivity contribution is 5.73. The lowest BCUT2D eigenvalue weighted by atomic mass is 10.2. The molecule has 0 bridgehead atoms. The SMILES string of the molecule is COc1nn2c(c1CNC(C)=O)NCCC2. The van der Waals surface area contributed by atoms with Crippen molar-refractivity contribution in [1.82, 2.24) is 15.1 Å². The van der Waals surface area contributed by atoms with Crippen LogP contribution in [0.25, 0.3) is 0 Å². The second-order valence-electron chi connectivity index (χ2n) is 3.75. The number of hydrogen-bond acceptors (Lipinski definition) is 4. The van der Waals surface area contributed by atoms with E-state index in [9.17, 15) is 4.79 Å². The molecule has 2 rings (SSSR count). The molecule has 0 spiro atoms. The fourth-order valence-electron chi connectivity index (χ4n) is 1.81. The lowest BCUT2D eigenvalue weighted by molar-refractivity contribution is -0.119. The van der Waals surface area contributed by atoms with Crippen LogP contribution in [0.2, 0.25) is 0 Å². The Balaban J connectivity index is 2.25. The van der Waals surface area contributed by atoms with Crippen molar-refractivity contribution in [3.63, 3.8) is 0 Å². The fraction of sp³-hybridized carbons (Fsp3) is 0.600. The summed E-state index contributed by atoms with van der Waals surface area (Å²) >= 11 is 0. The van der Waals surface area contributed by atoms with E-state index in [0.717, 1.165) is 30.9 Å². The fourth-order valence-corrected chi connectivity index (χ4v) is 1.81. The summed E-state index contributed by atoms with van der Waals surface area (Å²) in [5, 5.41) is 10.4. The van der Waals surface area contributed by atoms with Gasteiger partial charge in [0, 0.05) is 20.0 Å². The van der Waals surface area contributed by atoms with E-state index in [1.165, 1.54) is 6.92 Å². The number of ether oxygens (including phenoxy) is 1. The maximum absolute atomic E-state index is 10.9. The number of aryl methyl sites for hydroxylation is 1. The van der Waals surface area contributed by atoms with Gasteiger partial charge in [0.15, 0.2) is 0 Å². The predicted octanol–water partition coefficient (Wildman–Crippen LogP) is 0.343. The molecule has 2 heterocycles. The van der Waals surface area contributed by atoms with Gasteiger partial charge in [-0.1, -0.05) is 0 Å². The summed E-state index contributed by atoms with van der Waals surface area (Å²) in [4.78, 5) is 10.9. The number of nitrogens with zero attached hydrogens (tertiary/aromatic N) is 2. The molecule has 0 aromatic carbocycles. The molecular formula is C10H16N4O2. The number of aromatic nitrogens is 2. The summed E-state index contributed by atoms with van der Waals surface area (Å²) < 4.78 is 7.10. The molecule has 2 N–H and O–H groups in total. The number of rotatable bonds is 3. The average molecular weight is 224 g/mol. The molecule has 0 saturated heterocycles. The summed E-state index contributed by atoms with van der Waals surface area (Å²) in [5.41, 5.74) is 0.914. The van der Waals surface area contributed by atoms with Crippen molar-refractivity contribution < 1.29 is 9.53 Å². The average Bonchev–Trinajstić information content (AvgIpc) is 2.64. The van der Waals surface area contributed by atoms with E-state index < -0.39 is 0 Å². The normalized spacial score (nSPS) is 13.9. The van der Waals surface area contributed by atoms with Crippen LogP contribution in [0.1, 0.15) is 18.9 Å². The summed E-state index contributed by atoms with van der Waals surface area (Å²) in [6, 6.07) is 0. The van der Waals surface area contributed by atoms with Gasteiger partial charge in [0.1, 0.15) is 5.82 Å². The van der Waals surface area contributed by atoms with Gasteiger partial charge in [-0.25, -0.2) is 4.68 Å². The first-order chi connectivity index (χ1) is 7.72. The third-order valence-corrected chi connectivity index (χ3v) is 2.56. The van der Waals surface area contributed by atoms with Crippen molar-refractivity contribution in [2.75, 3.05) is 19.0 Å². The topological polar surface area (TPSA) is 68.2 Å². The molecule has 0 aliphatic carbocycles. The van der Waals surface area contributed by atoms with Crippen LogP contribution in [0.15, 0.2) is 0 Å². The number of methoxy groups -OCH3 is 1. The molecule has 0 atom stereocenters. The lowest BCUT2D eigenvalue weighted by Crippen LogP contribution is -2.22. The van der Waals surface area contributed by atoms with Gasteiger partial charge in [0.2, 0.25) is 11.8 Å². The molecule has 6 nitrogen and oxygen atoms in total. The third-order valence-electron chi connectivity index (χ3n) is 2.56. The molecular weight excluding hydrogens is 208 g/mol. The van der Waals surface area contributed by atoms with Crippen LogP contribution < -0.4 is 15.4 Å². The zero-order chi connectivity index (χ0) is 11.5. The van der Waals surface area contributed by atoms with Crippen molar-refractivity contribution in [2.45, 2.75) is 26.4 Å². The summed E-state index contributed by atoms with van der Waals surface area (Å²) in [5.74, 6) is 1.48. The Morgan fingerprint density at radius 2 is 2.50 bits per heavy atom. The van der Waals surface area contributed by atoms with E-state index in [1.807, 2.05) is 4.68 Å². The van der Waals surface area contributed by atoms with Gasteiger partial charge in [-0.05, 0) is 6.42 Å². The first-order valence-corrected chi connectivity index (χ1v) is 5.34. The molecule has 0 unspecified atom stereocenters. The molecule has 16 heavy (non-hydrogen) atoms. The number of hydrogen-bond donors (Lipinski definition) is 2. The Bertz CT molecular complexity index is 400. The Morgan fingerprint density at radius 1 is 1.69 bits per heavy atom. The molecule has 6 heteroatoms. The Kier molecular flexibility index (Phi) is 2.98. The Morgan fingerprint density at radius 3 is 3.19 bits per heavy atom. The number of amides is 1. The maximum Gasteiger partial charge on any atom is 0.239 e. The van der Waals surface area contributed by atoms with Gasteiger partial charge in [-0.2, -0.15) is 0 Å². The van der Waals surface area contributed by atoms with Crippen LogP contribution in [-0.2, 0) is 17.9 Å². The number of carbonyl (C=O) groups is 1. The molecule has 88 valence electrons. The zero-order valence-electron chi connectivity index (χ0n) is 9.54. The molecule has 0 saturated carbocycles.